The van der Waals surface area contributed by atoms with Gasteiger partial charge in [0.2, 0.25) is 5.95 Å². The molecule has 0 aliphatic heterocycles. The maximum atomic E-state index is 10.6. The highest BCUT2D eigenvalue weighted by molar-refractivity contribution is 5.53. The molecule has 30 heavy (non-hydrogen) atoms. The maximum Gasteiger partial charge on any atom is 0.222 e. The molecule has 6 N–H and O–H groups in total. The molecule has 0 saturated carbocycles. The van der Waals surface area contributed by atoms with Gasteiger partial charge in [-0.05, 0) is 44.0 Å². The molecule has 0 amide bonds. The molecule has 166 valence electrons. The Labute approximate surface area is 178 Å². The summed E-state index contributed by atoms with van der Waals surface area (Å²) in [6.07, 6.45) is 2.98. The summed E-state index contributed by atoms with van der Waals surface area (Å²) >= 11 is 0. The quantitative estimate of drug-likeness (QED) is 0.355. The molecular weight excluding hydrogens is 382 g/mol. The second-order valence-electron chi connectivity index (χ2n) is 7.74. The van der Waals surface area contributed by atoms with E-state index in [-0.39, 0.29) is 31.0 Å². The summed E-state index contributed by atoms with van der Waals surface area (Å²) in [6, 6.07) is 5.74. The van der Waals surface area contributed by atoms with E-state index in [0.717, 1.165) is 35.2 Å². The highest BCUT2D eigenvalue weighted by atomic mass is 16.3. The van der Waals surface area contributed by atoms with E-state index in [1.807, 2.05) is 31.0 Å². The van der Waals surface area contributed by atoms with E-state index in [1.54, 1.807) is 6.07 Å². The SMILES string of the molecule is CCC[C@@H](CCO)Nc1nc(N)nc(C)c1Cc1ccc(CN(C)CCO)cc1O. The highest BCUT2D eigenvalue weighted by Gasteiger charge is 2.17. The average molecular weight is 418 g/mol. The van der Waals surface area contributed by atoms with Crippen molar-refractivity contribution in [3.8, 4) is 5.75 Å². The molecule has 1 aromatic heterocycles. The number of phenols is 1. The fourth-order valence-electron chi connectivity index (χ4n) is 3.54. The Morgan fingerprint density at radius 2 is 1.93 bits per heavy atom. The lowest BCUT2D eigenvalue weighted by Crippen LogP contribution is -2.23. The lowest BCUT2D eigenvalue weighted by Gasteiger charge is -2.21. The van der Waals surface area contributed by atoms with Crippen LogP contribution in [0.1, 0.15) is 48.6 Å². The molecule has 0 fully saturated rings. The van der Waals surface area contributed by atoms with E-state index in [9.17, 15) is 10.2 Å². The molecule has 8 nitrogen and oxygen atoms in total. The Morgan fingerprint density at radius 1 is 1.17 bits per heavy atom. The van der Waals surface area contributed by atoms with E-state index in [0.29, 0.717) is 31.7 Å². The second-order valence-corrected chi connectivity index (χ2v) is 7.74. The van der Waals surface area contributed by atoms with Gasteiger partial charge in [0, 0.05) is 43.4 Å². The minimum Gasteiger partial charge on any atom is -0.508 e. The molecule has 0 aliphatic carbocycles. The van der Waals surface area contributed by atoms with Crippen molar-refractivity contribution >= 4 is 11.8 Å². The number of aromatic hydroxyl groups is 1. The number of aliphatic hydroxyl groups is 2. The number of hydrogen-bond acceptors (Lipinski definition) is 8. The summed E-state index contributed by atoms with van der Waals surface area (Å²) in [5.41, 5.74) is 9.27. The molecule has 1 atom stereocenters. The van der Waals surface area contributed by atoms with Crippen molar-refractivity contribution in [2.75, 3.05) is 37.9 Å². The van der Waals surface area contributed by atoms with Gasteiger partial charge in [0.1, 0.15) is 11.6 Å². The number of nitrogen functional groups attached to an aromatic ring is 1. The van der Waals surface area contributed by atoms with Crippen LogP contribution in [0.15, 0.2) is 18.2 Å². The molecule has 0 unspecified atom stereocenters. The van der Waals surface area contributed by atoms with Gasteiger partial charge < -0.3 is 26.4 Å². The van der Waals surface area contributed by atoms with Gasteiger partial charge in [0.05, 0.1) is 6.61 Å². The summed E-state index contributed by atoms with van der Waals surface area (Å²) in [6.45, 7) is 5.40. The summed E-state index contributed by atoms with van der Waals surface area (Å²) in [7, 11) is 1.92. The van der Waals surface area contributed by atoms with Gasteiger partial charge in [-0.3, -0.25) is 4.90 Å². The van der Waals surface area contributed by atoms with Crippen molar-refractivity contribution in [2.45, 2.75) is 52.1 Å². The van der Waals surface area contributed by atoms with Gasteiger partial charge in [0.25, 0.3) is 0 Å². The van der Waals surface area contributed by atoms with Gasteiger partial charge in [-0.15, -0.1) is 0 Å². The van der Waals surface area contributed by atoms with Gasteiger partial charge in [-0.1, -0.05) is 25.5 Å². The minimum atomic E-state index is 0.0884. The van der Waals surface area contributed by atoms with Crippen LogP contribution in [0.3, 0.4) is 0 Å². The van der Waals surface area contributed by atoms with Crippen molar-refractivity contribution in [3.05, 3.63) is 40.6 Å². The highest BCUT2D eigenvalue weighted by Crippen LogP contribution is 2.28. The zero-order chi connectivity index (χ0) is 22.1. The molecule has 0 bridgehead atoms. The number of hydrogen-bond donors (Lipinski definition) is 5. The molecule has 0 saturated heterocycles. The van der Waals surface area contributed by atoms with E-state index in [4.69, 9.17) is 10.8 Å². The number of benzene rings is 1. The number of nitrogens with zero attached hydrogens (tertiary/aromatic N) is 3. The number of aryl methyl sites for hydroxylation is 1. The first-order valence-electron chi connectivity index (χ1n) is 10.5. The van der Waals surface area contributed by atoms with Crippen LogP contribution < -0.4 is 11.1 Å². The summed E-state index contributed by atoms with van der Waals surface area (Å²) in [4.78, 5) is 10.7. The molecule has 1 aromatic carbocycles. The Bertz CT molecular complexity index is 810. The Kier molecular flexibility index (Phi) is 9.29. The zero-order valence-electron chi connectivity index (χ0n) is 18.2. The average Bonchev–Trinajstić information content (AvgIpc) is 2.66. The largest absolute Gasteiger partial charge is 0.508 e. The van der Waals surface area contributed by atoms with Gasteiger partial charge in [-0.25, -0.2) is 4.98 Å². The van der Waals surface area contributed by atoms with Crippen LogP contribution >= 0.6 is 0 Å². The molecular formula is C22H35N5O3. The molecule has 0 radical (unpaired) electrons. The third-order valence-electron chi connectivity index (χ3n) is 5.14. The third kappa shape index (κ3) is 6.83. The standard InChI is InChI=1S/C22H35N5O3/c1-4-5-18(8-10-28)25-21-19(15(2)24-22(23)26-21)13-17-7-6-16(12-20(17)30)14-27(3)9-11-29/h6-7,12,18,28-30H,4-5,8-11,13-14H2,1-3H3,(H3,23,24,25,26)/t18-/m0/s1. The molecule has 2 aromatic rings. The molecule has 0 aliphatic rings. The normalized spacial score (nSPS) is 12.3. The van der Waals surface area contributed by atoms with Crippen molar-refractivity contribution in [1.82, 2.24) is 14.9 Å². The fourth-order valence-corrected chi connectivity index (χ4v) is 3.54. The number of anilines is 2. The first kappa shape index (κ1) is 23.9. The Morgan fingerprint density at radius 3 is 2.57 bits per heavy atom. The first-order chi connectivity index (χ1) is 14.4. The number of aromatic nitrogens is 2. The van der Waals surface area contributed by atoms with Crippen LogP contribution in [-0.2, 0) is 13.0 Å². The number of nitrogens with two attached hydrogens (primary N) is 1. The molecule has 2 rings (SSSR count). The third-order valence-corrected chi connectivity index (χ3v) is 5.14. The van der Waals surface area contributed by atoms with Crippen molar-refractivity contribution < 1.29 is 15.3 Å². The first-order valence-corrected chi connectivity index (χ1v) is 10.5. The van der Waals surface area contributed by atoms with Crippen LogP contribution in [0.4, 0.5) is 11.8 Å². The van der Waals surface area contributed by atoms with Crippen LogP contribution in [-0.4, -0.2) is 63.0 Å². The van der Waals surface area contributed by atoms with Crippen LogP contribution in [0, 0.1) is 6.92 Å². The van der Waals surface area contributed by atoms with E-state index in [2.05, 4.69) is 22.2 Å². The zero-order valence-corrected chi connectivity index (χ0v) is 18.2. The molecule has 1 heterocycles. The number of rotatable bonds is 12. The Balaban J connectivity index is 2.27. The van der Waals surface area contributed by atoms with Gasteiger partial charge in [0.15, 0.2) is 0 Å². The summed E-state index contributed by atoms with van der Waals surface area (Å²) in [5.74, 6) is 1.06. The second kappa shape index (κ2) is 11.7. The van der Waals surface area contributed by atoms with E-state index in [1.165, 1.54) is 0 Å². The van der Waals surface area contributed by atoms with E-state index < -0.39 is 0 Å². The Hall–Kier alpha value is -2.42. The van der Waals surface area contributed by atoms with Gasteiger partial charge >= 0.3 is 0 Å². The number of phenolic OH excluding ortho intramolecular Hbond substituents is 1. The monoisotopic (exact) mass is 417 g/mol. The molecule has 0 spiro atoms. The minimum absolute atomic E-state index is 0.0884. The van der Waals surface area contributed by atoms with Crippen molar-refractivity contribution in [1.29, 1.82) is 0 Å². The molecule has 8 heteroatoms. The van der Waals surface area contributed by atoms with Crippen LogP contribution in [0.25, 0.3) is 0 Å². The number of nitrogens with one attached hydrogen (secondary N) is 1. The van der Waals surface area contributed by atoms with Crippen LogP contribution in [0.5, 0.6) is 5.75 Å². The predicted molar refractivity (Wildman–Crippen MR) is 120 cm³/mol. The van der Waals surface area contributed by atoms with Gasteiger partial charge in [-0.2, -0.15) is 4.98 Å². The number of aliphatic hydroxyl groups excluding tert-OH is 2. The topological polar surface area (TPSA) is 128 Å². The lowest BCUT2D eigenvalue weighted by molar-refractivity contribution is 0.217. The summed E-state index contributed by atoms with van der Waals surface area (Å²) < 4.78 is 0. The fraction of sp³-hybridized carbons (Fsp3) is 0.545. The smallest absolute Gasteiger partial charge is 0.222 e. The lowest BCUT2D eigenvalue weighted by atomic mass is 10.0. The van der Waals surface area contributed by atoms with Crippen molar-refractivity contribution in [3.63, 3.8) is 0 Å². The van der Waals surface area contributed by atoms with Crippen LogP contribution in [0.2, 0.25) is 0 Å². The summed E-state index contributed by atoms with van der Waals surface area (Å²) in [5, 5.41) is 32.4. The van der Waals surface area contributed by atoms with E-state index >= 15 is 0 Å². The predicted octanol–water partition coefficient (Wildman–Crippen LogP) is 2.05. The maximum absolute atomic E-state index is 10.6. The van der Waals surface area contributed by atoms with Crippen molar-refractivity contribution in [2.24, 2.45) is 0 Å². The number of likely N-dealkylation sites (N-methyl/N-ethyl adjacent to an activating group) is 1.